The van der Waals surface area contributed by atoms with Crippen molar-refractivity contribution in [2.24, 2.45) is 0 Å². The second kappa shape index (κ2) is 8.78. The summed E-state index contributed by atoms with van der Waals surface area (Å²) in [6.45, 7) is 4.89. The molecule has 1 saturated heterocycles. The van der Waals surface area contributed by atoms with Crippen molar-refractivity contribution in [3.8, 4) is 0 Å². The average molecular weight is 363 g/mol. The van der Waals surface area contributed by atoms with Gasteiger partial charge in [0.25, 0.3) is 6.43 Å². The summed E-state index contributed by atoms with van der Waals surface area (Å²) in [5.74, 6) is 0. The quantitative estimate of drug-likeness (QED) is 0.879. The predicted octanol–water partition coefficient (Wildman–Crippen LogP) is 4.20. The molecule has 0 bridgehead atoms. The minimum atomic E-state index is -2.38. The molecular weight excluding hydrogens is 341 g/mol. The SMILES string of the molecule is Cc1ccc([C@H](C(F)F)N2CCNCC2)c2ccccc12.Cl.Cl. The number of alkyl halides is 2. The van der Waals surface area contributed by atoms with Crippen LogP contribution >= 0.6 is 24.8 Å². The summed E-state index contributed by atoms with van der Waals surface area (Å²) in [6.07, 6.45) is -2.38. The fourth-order valence-corrected chi connectivity index (χ4v) is 3.18. The molecule has 0 spiro atoms. The molecular formula is C17H22Cl2F2N2. The van der Waals surface area contributed by atoms with Crippen molar-refractivity contribution in [2.45, 2.75) is 19.4 Å². The van der Waals surface area contributed by atoms with Crippen molar-refractivity contribution in [3.05, 3.63) is 47.5 Å². The van der Waals surface area contributed by atoms with Gasteiger partial charge in [0.15, 0.2) is 0 Å². The highest BCUT2D eigenvalue weighted by molar-refractivity contribution is 5.89. The first-order chi connectivity index (χ1) is 10.2. The molecule has 1 heterocycles. The zero-order chi connectivity index (χ0) is 14.8. The van der Waals surface area contributed by atoms with Crippen LogP contribution in [0.3, 0.4) is 0 Å². The lowest BCUT2D eigenvalue weighted by Gasteiger charge is -2.35. The second-order valence-corrected chi connectivity index (χ2v) is 5.58. The highest BCUT2D eigenvalue weighted by atomic mass is 35.5. The maximum Gasteiger partial charge on any atom is 0.258 e. The lowest BCUT2D eigenvalue weighted by molar-refractivity contribution is 0.0189. The van der Waals surface area contributed by atoms with Gasteiger partial charge in [0.05, 0.1) is 6.04 Å². The van der Waals surface area contributed by atoms with E-state index >= 15 is 0 Å². The molecule has 1 atom stereocenters. The molecule has 2 aromatic rings. The number of hydrogen-bond acceptors (Lipinski definition) is 2. The molecule has 23 heavy (non-hydrogen) atoms. The van der Waals surface area contributed by atoms with E-state index in [1.807, 2.05) is 48.2 Å². The van der Waals surface area contributed by atoms with Gasteiger partial charge in [-0.25, -0.2) is 8.78 Å². The number of fused-ring (bicyclic) bond motifs is 1. The Bertz CT molecular complexity index is 631. The first kappa shape index (κ1) is 20.1. The van der Waals surface area contributed by atoms with Crippen LogP contribution in [-0.4, -0.2) is 37.5 Å². The van der Waals surface area contributed by atoms with Crippen molar-refractivity contribution in [3.63, 3.8) is 0 Å². The van der Waals surface area contributed by atoms with Crippen molar-refractivity contribution in [1.29, 1.82) is 0 Å². The van der Waals surface area contributed by atoms with Gasteiger partial charge in [0.1, 0.15) is 0 Å². The molecule has 1 aliphatic heterocycles. The van der Waals surface area contributed by atoms with E-state index in [1.54, 1.807) is 0 Å². The Morgan fingerprint density at radius 1 is 0.957 bits per heavy atom. The third-order valence-corrected chi connectivity index (χ3v) is 4.28. The summed E-state index contributed by atoms with van der Waals surface area (Å²) in [5.41, 5.74) is 1.87. The summed E-state index contributed by atoms with van der Waals surface area (Å²) in [5, 5.41) is 5.23. The van der Waals surface area contributed by atoms with Crippen molar-refractivity contribution in [1.82, 2.24) is 10.2 Å². The number of nitrogens with zero attached hydrogens (tertiary/aromatic N) is 1. The van der Waals surface area contributed by atoms with E-state index in [0.29, 0.717) is 13.1 Å². The maximum absolute atomic E-state index is 13.7. The van der Waals surface area contributed by atoms with Gasteiger partial charge in [-0.1, -0.05) is 36.4 Å². The number of nitrogens with one attached hydrogen (secondary N) is 1. The van der Waals surface area contributed by atoms with Gasteiger partial charge >= 0.3 is 0 Å². The number of benzene rings is 2. The van der Waals surface area contributed by atoms with E-state index in [9.17, 15) is 8.78 Å². The van der Waals surface area contributed by atoms with Gasteiger partial charge < -0.3 is 5.32 Å². The molecule has 1 aliphatic rings. The lowest BCUT2D eigenvalue weighted by Crippen LogP contribution is -2.46. The Kier molecular flexibility index (Phi) is 7.68. The fourth-order valence-electron chi connectivity index (χ4n) is 3.18. The van der Waals surface area contributed by atoms with E-state index in [0.717, 1.165) is 35.0 Å². The topological polar surface area (TPSA) is 15.3 Å². The molecule has 2 nitrogen and oxygen atoms in total. The molecule has 0 aliphatic carbocycles. The molecule has 0 aromatic heterocycles. The van der Waals surface area contributed by atoms with Crippen LogP contribution in [0.2, 0.25) is 0 Å². The summed E-state index contributed by atoms with van der Waals surface area (Å²) in [6, 6.07) is 10.8. The van der Waals surface area contributed by atoms with Crippen LogP contribution in [0.1, 0.15) is 17.2 Å². The average Bonchev–Trinajstić information content (AvgIpc) is 2.51. The van der Waals surface area contributed by atoms with Gasteiger partial charge in [-0.2, -0.15) is 0 Å². The first-order valence-electron chi connectivity index (χ1n) is 7.39. The minimum Gasteiger partial charge on any atom is -0.314 e. The number of rotatable bonds is 3. The summed E-state index contributed by atoms with van der Waals surface area (Å²) < 4.78 is 27.5. The molecule has 0 radical (unpaired) electrons. The molecule has 0 unspecified atom stereocenters. The van der Waals surface area contributed by atoms with Crippen molar-refractivity contribution < 1.29 is 8.78 Å². The largest absolute Gasteiger partial charge is 0.314 e. The third-order valence-electron chi connectivity index (χ3n) is 4.28. The highest BCUT2D eigenvalue weighted by Crippen LogP contribution is 2.34. The van der Waals surface area contributed by atoms with Crippen LogP contribution in [0.4, 0.5) is 8.78 Å². The first-order valence-corrected chi connectivity index (χ1v) is 7.39. The molecule has 1 N–H and O–H groups in total. The van der Waals surface area contributed by atoms with Crippen LogP contribution in [0.15, 0.2) is 36.4 Å². The van der Waals surface area contributed by atoms with E-state index in [1.165, 1.54) is 0 Å². The van der Waals surface area contributed by atoms with E-state index in [-0.39, 0.29) is 24.8 Å². The molecule has 0 amide bonds. The molecule has 0 saturated carbocycles. The minimum absolute atomic E-state index is 0. The van der Waals surface area contributed by atoms with Crippen LogP contribution in [0.25, 0.3) is 10.8 Å². The van der Waals surface area contributed by atoms with Gasteiger partial charge in [0, 0.05) is 26.2 Å². The number of piperazine rings is 1. The Balaban J connectivity index is 0.00000132. The fraction of sp³-hybridized carbons (Fsp3) is 0.412. The lowest BCUT2D eigenvalue weighted by atomic mass is 9.95. The molecule has 3 rings (SSSR count). The van der Waals surface area contributed by atoms with Gasteiger partial charge in [-0.05, 0) is 28.8 Å². The Hall–Kier alpha value is -0.940. The Morgan fingerprint density at radius 3 is 2.17 bits per heavy atom. The monoisotopic (exact) mass is 362 g/mol. The summed E-state index contributed by atoms with van der Waals surface area (Å²) in [4.78, 5) is 1.90. The smallest absolute Gasteiger partial charge is 0.258 e. The number of hydrogen-bond donors (Lipinski definition) is 1. The molecule has 2 aromatic carbocycles. The van der Waals surface area contributed by atoms with Crippen molar-refractivity contribution in [2.75, 3.05) is 26.2 Å². The Labute approximate surface area is 148 Å². The molecule has 6 heteroatoms. The standard InChI is InChI=1S/C17H20F2N2.2ClH/c1-12-6-7-15(14-5-3-2-4-13(12)14)16(17(18)19)21-10-8-20-9-11-21;;/h2-7,16-17,20H,8-11H2,1H3;2*1H/t16-;;/m1../s1. The van der Waals surface area contributed by atoms with E-state index in [4.69, 9.17) is 0 Å². The van der Waals surface area contributed by atoms with Crippen LogP contribution < -0.4 is 5.32 Å². The van der Waals surface area contributed by atoms with Gasteiger partial charge in [-0.15, -0.1) is 24.8 Å². The zero-order valence-corrected chi connectivity index (χ0v) is 14.6. The Morgan fingerprint density at radius 2 is 1.57 bits per heavy atom. The normalized spacial score (nSPS) is 16.7. The van der Waals surface area contributed by atoms with Crippen LogP contribution in [0, 0.1) is 6.92 Å². The highest BCUT2D eigenvalue weighted by Gasteiger charge is 2.31. The zero-order valence-electron chi connectivity index (χ0n) is 13.0. The van der Waals surface area contributed by atoms with Crippen LogP contribution in [-0.2, 0) is 0 Å². The summed E-state index contributed by atoms with van der Waals surface area (Å²) in [7, 11) is 0. The molecule has 128 valence electrons. The second-order valence-electron chi connectivity index (χ2n) is 5.58. The van der Waals surface area contributed by atoms with E-state index < -0.39 is 12.5 Å². The van der Waals surface area contributed by atoms with Gasteiger partial charge in [-0.3, -0.25) is 4.90 Å². The third kappa shape index (κ3) is 4.13. The summed E-state index contributed by atoms with van der Waals surface area (Å²) >= 11 is 0. The molecule has 1 fully saturated rings. The van der Waals surface area contributed by atoms with Gasteiger partial charge in [0.2, 0.25) is 0 Å². The predicted molar refractivity (Wildman–Crippen MR) is 96.4 cm³/mol. The number of halogens is 4. The number of aryl methyl sites for hydroxylation is 1. The maximum atomic E-state index is 13.7. The van der Waals surface area contributed by atoms with E-state index in [2.05, 4.69) is 5.32 Å². The van der Waals surface area contributed by atoms with Crippen molar-refractivity contribution >= 4 is 35.6 Å². The van der Waals surface area contributed by atoms with Crippen LogP contribution in [0.5, 0.6) is 0 Å².